The van der Waals surface area contributed by atoms with Crippen molar-refractivity contribution in [1.29, 1.82) is 0 Å². The molecule has 9 heavy (non-hydrogen) atoms. The molecule has 0 saturated heterocycles. The van der Waals surface area contributed by atoms with Gasteiger partial charge in [0.05, 0.1) is 0 Å². The van der Waals surface area contributed by atoms with Gasteiger partial charge in [0.15, 0.2) is 0 Å². The summed E-state index contributed by atoms with van der Waals surface area (Å²) in [6.45, 7) is 8.60. The molecule has 2 heteroatoms. The van der Waals surface area contributed by atoms with Crippen molar-refractivity contribution in [2.45, 2.75) is 45.4 Å². The zero-order valence-electron chi connectivity index (χ0n) is 6.94. The van der Waals surface area contributed by atoms with Gasteiger partial charge in [0.1, 0.15) is 7.28 Å². The normalized spacial score (nSPS) is 15.2. The van der Waals surface area contributed by atoms with E-state index >= 15 is 0 Å². The van der Waals surface area contributed by atoms with Crippen LogP contribution in [0.3, 0.4) is 0 Å². The van der Waals surface area contributed by atoms with Crippen LogP contribution in [0.5, 0.6) is 0 Å². The second-order valence-electron chi connectivity index (χ2n) is 3.37. The lowest BCUT2D eigenvalue weighted by Crippen LogP contribution is -2.30. The summed E-state index contributed by atoms with van der Waals surface area (Å²) in [5.74, 6) is 0.222. The maximum Gasteiger partial charge on any atom is 0.139 e. The van der Waals surface area contributed by atoms with Crippen LogP contribution in [0.2, 0.25) is 5.31 Å². The molecule has 0 aromatic heterocycles. The molecule has 0 aliphatic heterocycles. The Labute approximate surface area is 59.3 Å². The van der Waals surface area contributed by atoms with Crippen molar-refractivity contribution in [2.75, 3.05) is 0 Å². The fourth-order valence-electron chi connectivity index (χ4n) is 0.830. The third kappa shape index (κ3) is 4.52. The van der Waals surface area contributed by atoms with Gasteiger partial charge in [0.2, 0.25) is 0 Å². The van der Waals surface area contributed by atoms with Crippen LogP contribution in [-0.2, 0) is 0 Å². The third-order valence-corrected chi connectivity index (χ3v) is 1.63. The average Bonchev–Trinajstić information content (AvgIpc) is 1.63. The fraction of sp³-hybridized carbons (Fsp3) is 1.00. The minimum atomic E-state index is 0.222. The van der Waals surface area contributed by atoms with Gasteiger partial charge in [-0.25, -0.2) is 0 Å². The molecule has 1 unspecified atom stereocenters. The zero-order valence-corrected chi connectivity index (χ0v) is 6.94. The molecule has 1 atom stereocenters. The van der Waals surface area contributed by atoms with E-state index < -0.39 is 0 Å². The highest BCUT2D eigenvalue weighted by molar-refractivity contribution is 6.41. The Kier molecular flexibility index (Phi) is 3.27. The van der Waals surface area contributed by atoms with E-state index in [4.69, 9.17) is 5.73 Å². The summed E-state index contributed by atoms with van der Waals surface area (Å²) in [7, 11) is 2.19. The molecule has 0 aliphatic carbocycles. The van der Waals surface area contributed by atoms with Crippen LogP contribution in [0.4, 0.5) is 0 Å². The minimum absolute atomic E-state index is 0.222. The van der Waals surface area contributed by atoms with E-state index in [0.29, 0.717) is 5.31 Å². The second kappa shape index (κ2) is 3.26. The summed E-state index contributed by atoms with van der Waals surface area (Å²) in [4.78, 5) is 0. The maximum atomic E-state index is 5.60. The van der Waals surface area contributed by atoms with Crippen LogP contribution in [0.25, 0.3) is 0 Å². The number of nitrogens with two attached hydrogens (primary N) is 1. The summed E-state index contributed by atoms with van der Waals surface area (Å²) in [6, 6.07) is 0. The Morgan fingerprint density at radius 1 is 1.56 bits per heavy atom. The predicted molar refractivity (Wildman–Crippen MR) is 43.7 cm³/mol. The van der Waals surface area contributed by atoms with Crippen molar-refractivity contribution < 1.29 is 0 Å². The van der Waals surface area contributed by atoms with E-state index in [9.17, 15) is 0 Å². The first kappa shape index (κ1) is 9.02. The molecule has 0 fully saturated rings. The maximum absolute atomic E-state index is 5.60. The highest BCUT2D eigenvalue weighted by Gasteiger charge is 2.17. The average molecular weight is 126 g/mol. The molecule has 0 saturated carbocycles. The van der Waals surface area contributed by atoms with E-state index in [1.54, 1.807) is 0 Å². The zero-order chi connectivity index (χ0) is 7.49. The summed E-state index contributed by atoms with van der Waals surface area (Å²) < 4.78 is 0. The topological polar surface area (TPSA) is 26.0 Å². The summed E-state index contributed by atoms with van der Waals surface area (Å²) >= 11 is 0. The van der Waals surface area contributed by atoms with Gasteiger partial charge >= 0.3 is 0 Å². The van der Waals surface area contributed by atoms with Gasteiger partial charge in [0, 0.05) is 0 Å². The molecule has 0 bridgehead atoms. The van der Waals surface area contributed by atoms with Crippen molar-refractivity contribution in [3.63, 3.8) is 0 Å². The van der Waals surface area contributed by atoms with Crippen molar-refractivity contribution in [2.24, 2.45) is 5.73 Å². The van der Waals surface area contributed by atoms with Crippen LogP contribution in [-0.4, -0.2) is 13.2 Å². The van der Waals surface area contributed by atoms with Gasteiger partial charge in [0.25, 0.3) is 0 Å². The van der Waals surface area contributed by atoms with Gasteiger partial charge in [-0.2, -0.15) is 0 Å². The molecule has 1 nitrogen and oxygen atoms in total. The Morgan fingerprint density at radius 2 is 2.00 bits per heavy atom. The Hall–Kier alpha value is 0.0249. The molecular weight excluding hydrogens is 109 g/mol. The van der Waals surface area contributed by atoms with E-state index in [0.717, 1.165) is 6.42 Å². The second-order valence-corrected chi connectivity index (χ2v) is 3.37. The first-order valence-electron chi connectivity index (χ1n) is 3.59. The van der Waals surface area contributed by atoms with E-state index in [2.05, 4.69) is 28.1 Å². The molecule has 0 amide bonds. The molecule has 0 spiro atoms. The van der Waals surface area contributed by atoms with Gasteiger partial charge in [-0.15, -0.1) is 0 Å². The van der Waals surface area contributed by atoms with E-state index in [1.165, 1.54) is 0 Å². The monoisotopic (exact) mass is 126 g/mol. The molecule has 53 valence electrons. The van der Waals surface area contributed by atoms with Gasteiger partial charge < -0.3 is 5.73 Å². The van der Waals surface area contributed by atoms with Crippen LogP contribution >= 0.6 is 0 Å². The van der Waals surface area contributed by atoms with Crippen molar-refractivity contribution in [3.8, 4) is 0 Å². The standard InChI is InChI=1S/C7H17BN/c1-5-7(3,4)8-6(2)9/h6H,5,9H2,1-4H3. The third-order valence-electron chi connectivity index (χ3n) is 1.63. The van der Waals surface area contributed by atoms with Gasteiger partial charge in [-0.1, -0.05) is 39.4 Å². The molecule has 2 N–H and O–H groups in total. The summed E-state index contributed by atoms with van der Waals surface area (Å²) in [5.41, 5.74) is 5.60. The smallest absolute Gasteiger partial charge is 0.139 e. The SMILES string of the molecule is CCC(C)(C)[B]C(C)N. The first-order chi connectivity index (χ1) is 3.98. The van der Waals surface area contributed by atoms with E-state index in [-0.39, 0.29) is 5.94 Å². The highest BCUT2D eigenvalue weighted by Crippen LogP contribution is 2.26. The quantitative estimate of drug-likeness (QED) is 0.571. The lowest BCUT2D eigenvalue weighted by Gasteiger charge is -2.22. The Bertz CT molecular complexity index is 79.0. The van der Waals surface area contributed by atoms with Crippen LogP contribution < -0.4 is 5.73 Å². The van der Waals surface area contributed by atoms with Crippen LogP contribution in [0, 0.1) is 0 Å². The fourth-order valence-corrected chi connectivity index (χ4v) is 0.830. The molecule has 0 aliphatic rings. The predicted octanol–water partition coefficient (Wildman–Crippen LogP) is 1.60. The van der Waals surface area contributed by atoms with E-state index in [1.807, 2.05) is 6.92 Å². The molecule has 0 aromatic carbocycles. The summed E-state index contributed by atoms with van der Waals surface area (Å²) in [6.07, 6.45) is 1.16. The largest absolute Gasteiger partial charge is 0.336 e. The number of hydrogen-bond donors (Lipinski definition) is 1. The lowest BCUT2D eigenvalue weighted by molar-refractivity contribution is 0.632. The molecule has 0 rings (SSSR count). The first-order valence-corrected chi connectivity index (χ1v) is 3.59. The van der Waals surface area contributed by atoms with Gasteiger partial charge in [-0.3, -0.25) is 0 Å². The highest BCUT2D eigenvalue weighted by atomic mass is 14.6. The number of rotatable bonds is 3. The molecule has 0 aromatic rings. The Balaban J connectivity index is 3.58. The lowest BCUT2D eigenvalue weighted by atomic mass is 9.49. The Morgan fingerprint density at radius 3 is 2.11 bits per heavy atom. The minimum Gasteiger partial charge on any atom is -0.336 e. The van der Waals surface area contributed by atoms with Crippen LogP contribution in [0.1, 0.15) is 34.1 Å². The van der Waals surface area contributed by atoms with Crippen molar-refractivity contribution >= 4 is 7.28 Å². The number of hydrogen-bond acceptors (Lipinski definition) is 1. The molecule has 0 heterocycles. The van der Waals surface area contributed by atoms with Crippen molar-refractivity contribution in [3.05, 3.63) is 0 Å². The van der Waals surface area contributed by atoms with Crippen molar-refractivity contribution in [1.82, 2.24) is 0 Å². The van der Waals surface area contributed by atoms with Crippen LogP contribution in [0.15, 0.2) is 0 Å². The molecule has 1 radical (unpaired) electrons. The summed E-state index contributed by atoms with van der Waals surface area (Å²) in [5, 5.41) is 0.314. The van der Waals surface area contributed by atoms with Gasteiger partial charge in [-0.05, 0) is 5.94 Å². The molecular formula is C7H17BN.